The van der Waals surface area contributed by atoms with Crippen LogP contribution in [0.25, 0.3) is 0 Å². The zero-order chi connectivity index (χ0) is 22.4. The fraction of sp³-hybridized carbons (Fsp3) is 0.417. The maximum atomic E-state index is 13.2. The minimum Gasteiger partial charge on any atom is -0.454 e. The van der Waals surface area contributed by atoms with Gasteiger partial charge in [-0.05, 0) is 54.7 Å². The lowest BCUT2D eigenvalue weighted by molar-refractivity contribution is -0.140. The van der Waals surface area contributed by atoms with E-state index in [2.05, 4.69) is 21.2 Å². The molecule has 7 heteroatoms. The molecule has 2 amide bonds. The van der Waals surface area contributed by atoms with Crippen molar-refractivity contribution < 1.29 is 19.1 Å². The van der Waals surface area contributed by atoms with Crippen molar-refractivity contribution in [3.05, 3.63) is 58.1 Å². The van der Waals surface area contributed by atoms with Gasteiger partial charge in [0.25, 0.3) is 0 Å². The van der Waals surface area contributed by atoms with Crippen molar-refractivity contribution in [2.24, 2.45) is 5.92 Å². The van der Waals surface area contributed by atoms with Crippen LogP contribution in [0.2, 0.25) is 0 Å². The molecule has 0 spiro atoms. The Hall–Kier alpha value is -2.54. The van der Waals surface area contributed by atoms with Crippen LogP contribution >= 0.6 is 15.9 Å². The minimum absolute atomic E-state index is 0.0650. The minimum atomic E-state index is -0.568. The van der Waals surface area contributed by atoms with Gasteiger partial charge in [-0.2, -0.15) is 0 Å². The first kappa shape index (κ1) is 23.1. The van der Waals surface area contributed by atoms with Crippen LogP contribution in [0.1, 0.15) is 38.3 Å². The summed E-state index contributed by atoms with van der Waals surface area (Å²) in [6.07, 6.45) is 0.861. The molecule has 0 unspecified atom stereocenters. The van der Waals surface area contributed by atoms with E-state index in [-0.39, 0.29) is 18.6 Å². The molecule has 166 valence electrons. The van der Waals surface area contributed by atoms with Crippen LogP contribution in [0.4, 0.5) is 0 Å². The SMILES string of the molecule is CC(C)CNC(=O)[C@@H](C)N(Cc1cccc(Br)c1)C(=O)CCc1ccc2c(c1)OCO2. The quantitative estimate of drug-likeness (QED) is 0.571. The van der Waals surface area contributed by atoms with E-state index in [4.69, 9.17) is 9.47 Å². The topological polar surface area (TPSA) is 67.9 Å². The Kier molecular flexibility index (Phi) is 7.96. The van der Waals surface area contributed by atoms with Crippen molar-refractivity contribution >= 4 is 27.7 Å². The molecule has 0 radical (unpaired) electrons. The average Bonchev–Trinajstić information content (AvgIpc) is 3.21. The number of nitrogens with zero attached hydrogens (tertiary/aromatic N) is 1. The molecule has 0 saturated carbocycles. The second-order valence-corrected chi connectivity index (χ2v) is 9.07. The molecular formula is C24H29BrN2O4. The monoisotopic (exact) mass is 488 g/mol. The lowest BCUT2D eigenvalue weighted by Gasteiger charge is -2.29. The summed E-state index contributed by atoms with van der Waals surface area (Å²) in [5.74, 6) is 1.57. The van der Waals surface area contributed by atoms with Crippen molar-refractivity contribution in [2.45, 2.75) is 46.2 Å². The molecule has 0 aromatic heterocycles. The predicted octanol–water partition coefficient (Wildman–Crippen LogP) is 4.30. The third-order valence-corrected chi connectivity index (χ3v) is 5.65. The van der Waals surface area contributed by atoms with Crippen LogP contribution in [0, 0.1) is 5.92 Å². The van der Waals surface area contributed by atoms with Gasteiger partial charge in [-0.15, -0.1) is 0 Å². The molecule has 6 nitrogen and oxygen atoms in total. The average molecular weight is 489 g/mol. The molecule has 0 saturated heterocycles. The molecule has 2 aromatic rings. The highest BCUT2D eigenvalue weighted by molar-refractivity contribution is 9.10. The first-order valence-corrected chi connectivity index (χ1v) is 11.3. The second kappa shape index (κ2) is 10.7. The van der Waals surface area contributed by atoms with Gasteiger partial charge in [0.2, 0.25) is 18.6 Å². The van der Waals surface area contributed by atoms with Crippen molar-refractivity contribution in [1.29, 1.82) is 0 Å². The van der Waals surface area contributed by atoms with E-state index in [1.165, 1.54) is 0 Å². The van der Waals surface area contributed by atoms with E-state index in [1.807, 2.05) is 56.3 Å². The van der Waals surface area contributed by atoms with Gasteiger partial charge < -0.3 is 19.7 Å². The molecule has 1 atom stereocenters. The number of nitrogens with one attached hydrogen (secondary N) is 1. The van der Waals surface area contributed by atoms with E-state index >= 15 is 0 Å². The van der Waals surface area contributed by atoms with Crippen LogP contribution in [0.5, 0.6) is 11.5 Å². The van der Waals surface area contributed by atoms with E-state index in [1.54, 1.807) is 11.8 Å². The van der Waals surface area contributed by atoms with Gasteiger partial charge >= 0.3 is 0 Å². The van der Waals surface area contributed by atoms with Gasteiger partial charge in [-0.1, -0.05) is 48.0 Å². The third-order valence-electron chi connectivity index (χ3n) is 5.16. The number of amides is 2. The molecule has 1 aliphatic heterocycles. The molecule has 0 aliphatic carbocycles. The third kappa shape index (κ3) is 6.47. The number of halogens is 1. The van der Waals surface area contributed by atoms with Crippen LogP contribution in [-0.4, -0.2) is 36.1 Å². The number of ether oxygens (including phenoxy) is 2. The molecule has 1 aliphatic rings. The van der Waals surface area contributed by atoms with Crippen molar-refractivity contribution in [3.8, 4) is 11.5 Å². The molecule has 1 heterocycles. The zero-order valence-electron chi connectivity index (χ0n) is 18.2. The van der Waals surface area contributed by atoms with Gasteiger partial charge in [-0.25, -0.2) is 0 Å². The normalized spacial score (nSPS) is 13.2. The Morgan fingerprint density at radius 3 is 2.58 bits per heavy atom. The number of rotatable bonds is 9. The summed E-state index contributed by atoms with van der Waals surface area (Å²) in [4.78, 5) is 27.6. The highest BCUT2D eigenvalue weighted by Gasteiger charge is 2.26. The Morgan fingerprint density at radius 2 is 1.84 bits per heavy atom. The highest BCUT2D eigenvalue weighted by Crippen LogP contribution is 2.32. The van der Waals surface area contributed by atoms with Gasteiger partial charge in [-0.3, -0.25) is 9.59 Å². The van der Waals surface area contributed by atoms with Gasteiger partial charge in [0.05, 0.1) is 0 Å². The maximum absolute atomic E-state index is 13.2. The summed E-state index contributed by atoms with van der Waals surface area (Å²) in [6, 6.07) is 12.9. The van der Waals surface area contributed by atoms with Crippen molar-refractivity contribution in [2.75, 3.05) is 13.3 Å². The van der Waals surface area contributed by atoms with Crippen LogP contribution < -0.4 is 14.8 Å². The Labute approximate surface area is 192 Å². The maximum Gasteiger partial charge on any atom is 0.242 e. The van der Waals surface area contributed by atoms with Gasteiger partial charge in [0.15, 0.2) is 11.5 Å². The van der Waals surface area contributed by atoms with Gasteiger partial charge in [0.1, 0.15) is 6.04 Å². The molecule has 0 fully saturated rings. The lowest BCUT2D eigenvalue weighted by Crippen LogP contribution is -2.48. The number of fused-ring (bicyclic) bond motifs is 1. The fourth-order valence-corrected chi connectivity index (χ4v) is 3.81. The molecule has 31 heavy (non-hydrogen) atoms. The molecule has 2 aromatic carbocycles. The first-order chi connectivity index (χ1) is 14.8. The Morgan fingerprint density at radius 1 is 1.06 bits per heavy atom. The van der Waals surface area contributed by atoms with E-state index in [9.17, 15) is 9.59 Å². The molecule has 0 bridgehead atoms. The second-order valence-electron chi connectivity index (χ2n) is 8.15. The van der Waals surface area contributed by atoms with Crippen LogP contribution in [0.15, 0.2) is 46.9 Å². The largest absolute Gasteiger partial charge is 0.454 e. The van der Waals surface area contributed by atoms with Crippen LogP contribution in [0.3, 0.4) is 0 Å². The van der Waals surface area contributed by atoms with E-state index in [0.29, 0.717) is 37.6 Å². The van der Waals surface area contributed by atoms with Crippen molar-refractivity contribution in [3.63, 3.8) is 0 Å². The van der Waals surface area contributed by atoms with Crippen LogP contribution in [-0.2, 0) is 22.6 Å². The number of aryl methyl sites for hydroxylation is 1. The smallest absolute Gasteiger partial charge is 0.242 e. The number of carbonyl (C=O) groups excluding carboxylic acids is 2. The number of carbonyl (C=O) groups is 2. The Balaban J connectivity index is 1.70. The van der Waals surface area contributed by atoms with Crippen molar-refractivity contribution in [1.82, 2.24) is 10.2 Å². The standard InChI is InChI=1S/C24H29BrN2O4/c1-16(2)13-26-24(29)17(3)27(14-19-5-4-6-20(25)11-19)23(28)10-8-18-7-9-21-22(12-18)31-15-30-21/h4-7,9,11-12,16-17H,8,10,13-15H2,1-3H3,(H,26,29)/t17-/m1/s1. The molecule has 1 N–H and O–H groups in total. The van der Waals surface area contributed by atoms with E-state index in [0.717, 1.165) is 21.3 Å². The lowest BCUT2D eigenvalue weighted by atomic mass is 10.1. The molecular weight excluding hydrogens is 460 g/mol. The Bertz CT molecular complexity index is 932. The number of hydrogen-bond donors (Lipinski definition) is 1. The summed E-state index contributed by atoms with van der Waals surface area (Å²) < 4.78 is 11.7. The summed E-state index contributed by atoms with van der Waals surface area (Å²) in [5.41, 5.74) is 1.96. The number of benzene rings is 2. The van der Waals surface area contributed by atoms with Gasteiger partial charge in [0, 0.05) is 24.0 Å². The summed E-state index contributed by atoms with van der Waals surface area (Å²) >= 11 is 3.48. The van der Waals surface area contributed by atoms with E-state index < -0.39 is 6.04 Å². The summed E-state index contributed by atoms with van der Waals surface area (Å²) in [6.45, 7) is 7.05. The zero-order valence-corrected chi connectivity index (χ0v) is 19.8. The molecule has 3 rings (SSSR count). The number of hydrogen-bond acceptors (Lipinski definition) is 4. The fourth-order valence-electron chi connectivity index (χ4n) is 3.36. The predicted molar refractivity (Wildman–Crippen MR) is 123 cm³/mol. The summed E-state index contributed by atoms with van der Waals surface area (Å²) in [5, 5.41) is 2.94. The first-order valence-electron chi connectivity index (χ1n) is 10.5. The highest BCUT2D eigenvalue weighted by atomic mass is 79.9. The summed E-state index contributed by atoms with van der Waals surface area (Å²) in [7, 11) is 0.